The third-order valence-corrected chi connectivity index (χ3v) is 4.22. The second-order valence-corrected chi connectivity index (χ2v) is 5.71. The van der Waals surface area contributed by atoms with Gasteiger partial charge >= 0.3 is 0 Å². The SMILES string of the molecule is CCc1ncc(CNCC2(O)CCOCC2)s1. The van der Waals surface area contributed by atoms with Crippen molar-refractivity contribution < 1.29 is 9.84 Å². The Hall–Kier alpha value is -0.490. The van der Waals surface area contributed by atoms with Crippen LogP contribution < -0.4 is 5.32 Å². The van der Waals surface area contributed by atoms with Crippen LogP contribution in [0.1, 0.15) is 29.7 Å². The van der Waals surface area contributed by atoms with E-state index in [0.717, 1.165) is 25.8 Å². The third kappa shape index (κ3) is 3.74. The molecule has 2 heterocycles. The zero-order valence-corrected chi connectivity index (χ0v) is 11.1. The molecule has 5 heteroatoms. The lowest BCUT2D eigenvalue weighted by Crippen LogP contribution is -2.44. The number of thiazole rings is 1. The van der Waals surface area contributed by atoms with E-state index < -0.39 is 5.60 Å². The van der Waals surface area contributed by atoms with Gasteiger partial charge in [0.05, 0.1) is 10.6 Å². The van der Waals surface area contributed by atoms with Gasteiger partial charge in [0.25, 0.3) is 0 Å². The Kier molecular flexibility index (Phi) is 4.50. The van der Waals surface area contributed by atoms with E-state index >= 15 is 0 Å². The molecular formula is C12H20N2O2S. The van der Waals surface area contributed by atoms with E-state index in [1.54, 1.807) is 11.3 Å². The molecule has 1 aliphatic rings. The van der Waals surface area contributed by atoms with Gasteiger partial charge in [-0.05, 0) is 6.42 Å². The molecule has 4 nitrogen and oxygen atoms in total. The first kappa shape index (κ1) is 13.0. The Morgan fingerprint density at radius 2 is 2.29 bits per heavy atom. The first-order valence-corrected chi connectivity index (χ1v) is 6.98. The molecule has 1 aromatic heterocycles. The van der Waals surface area contributed by atoms with Crippen LogP contribution >= 0.6 is 11.3 Å². The maximum absolute atomic E-state index is 10.2. The van der Waals surface area contributed by atoms with Crippen molar-refractivity contribution in [3.63, 3.8) is 0 Å². The van der Waals surface area contributed by atoms with E-state index in [-0.39, 0.29) is 0 Å². The molecule has 0 aliphatic carbocycles. The second kappa shape index (κ2) is 5.91. The van der Waals surface area contributed by atoms with Crippen LogP contribution in [-0.4, -0.2) is 35.5 Å². The van der Waals surface area contributed by atoms with Crippen molar-refractivity contribution in [2.75, 3.05) is 19.8 Å². The quantitative estimate of drug-likeness (QED) is 0.834. The lowest BCUT2D eigenvalue weighted by Gasteiger charge is -2.32. The predicted octanol–water partition coefficient (Wildman–Crippen LogP) is 1.34. The number of nitrogens with zero attached hydrogens (tertiary/aromatic N) is 1. The minimum absolute atomic E-state index is 0.587. The number of hydrogen-bond donors (Lipinski definition) is 2. The maximum atomic E-state index is 10.2. The molecule has 2 rings (SSSR count). The zero-order valence-electron chi connectivity index (χ0n) is 10.2. The summed E-state index contributed by atoms with van der Waals surface area (Å²) >= 11 is 1.74. The van der Waals surface area contributed by atoms with Crippen molar-refractivity contribution in [3.05, 3.63) is 16.1 Å². The fourth-order valence-electron chi connectivity index (χ4n) is 1.94. The minimum Gasteiger partial charge on any atom is -0.388 e. The first-order valence-electron chi connectivity index (χ1n) is 6.16. The summed E-state index contributed by atoms with van der Waals surface area (Å²) in [5.41, 5.74) is -0.587. The molecule has 17 heavy (non-hydrogen) atoms. The molecular weight excluding hydrogens is 236 g/mol. The summed E-state index contributed by atoms with van der Waals surface area (Å²) in [6, 6.07) is 0. The van der Waals surface area contributed by atoms with Gasteiger partial charge in [-0.15, -0.1) is 11.3 Å². The Bertz CT molecular complexity index is 348. The Labute approximate surface area is 106 Å². The number of nitrogens with one attached hydrogen (secondary N) is 1. The maximum Gasteiger partial charge on any atom is 0.0925 e. The van der Waals surface area contributed by atoms with Crippen molar-refractivity contribution in [1.82, 2.24) is 10.3 Å². The molecule has 0 saturated carbocycles. The van der Waals surface area contributed by atoms with Gasteiger partial charge in [0.15, 0.2) is 0 Å². The molecule has 1 saturated heterocycles. The molecule has 1 fully saturated rings. The summed E-state index contributed by atoms with van der Waals surface area (Å²) in [6.45, 7) is 4.87. The average Bonchev–Trinajstić information content (AvgIpc) is 2.78. The van der Waals surface area contributed by atoms with Crippen LogP contribution in [0.4, 0.5) is 0 Å². The lowest BCUT2D eigenvalue weighted by atomic mass is 9.94. The zero-order chi connectivity index (χ0) is 12.1. The van der Waals surface area contributed by atoms with Crippen LogP contribution in [0.25, 0.3) is 0 Å². The Morgan fingerprint density at radius 1 is 1.53 bits per heavy atom. The van der Waals surface area contributed by atoms with Gasteiger partial charge < -0.3 is 15.2 Å². The van der Waals surface area contributed by atoms with Crippen molar-refractivity contribution in [2.45, 2.75) is 38.3 Å². The summed E-state index contributed by atoms with van der Waals surface area (Å²) in [5, 5.41) is 14.7. The van der Waals surface area contributed by atoms with Crippen LogP contribution in [0.5, 0.6) is 0 Å². The largest absolute Gasteiger partial charge is 0.388 e. The number of aromatic nitrogens is 1. The molecule has 0 aromatic carbocycles. The molecule has 0 atom stereocenters. The molecule has 0 radical (unpaired) electrons. The van der Waals surface area contributed by atoms with Crippen molar-refractivity contribution in [1.29, 1.82) is 0 Å². The highest BCUT2D eigenvalue weighted by atomic mass is 32.1. The highest BCUT2D eigenvalue weighted by molar-refractivity contribution is 7.11. The molecule has 1 aliphatic heterocycles. The predicted molar refractivity (Wildman–Crippen MR) is 68.2 cm³/mol. The summed E-state index contributed by atoms with van der Waals surface area (Å²) < 4.78 is 5.25. The fraction of sp³-hybridized carbons (Fsp3) is 0.750. The van der Waals surface area contributed by atoms with Crippen LogP contribution in [-0.2, 0) is 17.7 Å². The van der Waals surface area contributed by atoms with Crippen LogP contribution in [0.15, 0.2) is 6.20 Å². The number of hydrogen-bond acceptors (Lipinski definition) is 5. The smallest absolute Gasteiger partial charge is 0.0925 e. The molecule has 2 N–H and O–H groups in total. The lowest BCUT2D eigenvalue weighted by molar-refractivity contribution is -0.0616. The average molecular weight is 256 g/mol. The van der Waals surface area contributed by atoms with E-state index in [1.807, 2.05) is 6.20 Å². The monoisotopic (exact) mass is 256 g/mol. The summed E-state index contributed by atoms with van der Waals surface area (Å²) in [6.07, 6.45) is 4.36. The summed E-state index contributed by atoms with van der Waals surface area (Å²) in [4.78, 5) is 5.55. The fourth-order valence-corrected chi connectivity index (χ4v) is 2.77. The number of aliphatic hydroxyl groups is 1. The number of aryl methyl sites for hydroxylation is 1. The van der Waals surface area contributed by atoms with Gasteiger partial charge in [0, 0.05) is 50.2 Å². The van der Waals surface area contributed by atoms with Gasteiger partial charge in [-0.1, -0.05) is 6.92 Å². The van der Waals surface area contributed by atoms with Crippen LogP contribution in [0.2, 0.25) is 0 Å². The summed E-state index contributed by atoms with van der Waals surface area (Å²) in [7, 11) is 0. The van der Waals surface area contributed by atoms with E-state index in [4.69, 9.17) is 4.74 Å². The van der Waals surface area contributed by atoms with Crippen molar-refractivity contribution in [2.24, 2.45) is 0 Å². The molecule has 0 unspecified atom stereocenters. The van der Waals surface area contributed by atoms with Gasteiger partial charge in [0.2, 0.25) is 0 Å². The molecule has 0 amide bonds. The van der Waals surface area contributed by atoms with Gasteiger partial charge in [-0.25, -0.2) is 4.98 Å². The molecule has 1 aromatic rings. The third-order valence-electron chi connectivity index (χ3n) is 3.08. The normalized spacial score (nSPS) is 19.4. The van der Waals surface area contributed by atoms with E-state index in [9.17, 15) is 5.11 Å². The van der Waals surface area contributed by atoms with Crippen LogP contribution in [0.3, 0.4) is 0 Å². The van der Waals surface area contributed by atoms with Crippen molar-refractivity contribution in [3.8, 4) is 0 Å². The Balaban J connectivity index is 1.74. The highest BCUT2D eigenvalue weighted by Gasteiger charge is 2.29. The molecule has 0 spiro atoms. The number of ether oxygens (including phenoxy) is 1. The number of rotatable bonds is 5. The summed E-state index contributed by atoms with van der Waals surface area (Å²) in [5.74, 6) is 0. The van der Waals surface area contributed by atoms with Gasteiger partial charge in [-0.3, -0.25) is 0 Å². The minimum atomic E-state index is -0.587. The molecule has 96 valence electrons. The Morgan fingerprint density at radius 3 is 2.94 bits per heavy atom. The van der Waals surface area contributed by atoms with E-state index in [0.29, 0.717) is 19.8 Å². The molecule has 0 bridgehead atoms. The van der Waals surface area contributed by atoms with Crippen LogP contribution in [0, 0.1) is 0 Å². The van der Waals surface area contributed by atoms with Gasteiger partial charge in [-0.2, -0.15) is 0 Å². The van der Waals surface area contributed by atoms with E-state index in [2.05, 4.69) is 17.2 Å². The van der Waals surface area contributed by atoms with E-state index in [1.165, 1.54) is 9.88 Å². The van der Waals surface area contributed by atoms with Gasteiger partial charge in [0.1, 0.15) is 0 Å². The standard InChI is InChI=1S/C12H20N2O2S/c1-2-11-14-8-10(17-11)7-13-9-12(15)3-5-16-6-4-12/h8,13,15H,2-7,9H2,1H3. The topological polar surface area (TPSA) is 54.4 Å². The highest BCUT2D eigenvalue weighted by Crippen LogP contribution is 2.20. The second-order valence-electron chi connectivity index (χ2n) is 4.51. The first-order chi connectivity index (χ1) is 8.22. The van der Waals surface area contributed by atoms with Crippen molar-refractivity contribution >= 4 is 11.3 Å².